The lowest BCUT2D eigenvalue weighted by molar-refractivity contribution is 0.0147. The molecule has 0 amide bonds. The van der Waals surface area contributed by atoms with Crippen LogP contribution in [0, 0.1) is 0 Å². The molecule has 1 unspecified atom stereocenters. The molecule has 2 N–H and O–H groups in total. The van der Waals surface area contributed by atoms with E-state index in [4.69, 9.17) is 4.74 Å². The van der Waals surface area contributed by atoms with Crippen molar-refractivity contribution < 1.29 is 9.84 Å². The van der Waals surface area contributed by atoms with E-state index in [1.807, 2.05) is 30.3 Å². The van der Waals surface area contributed by atoms with Gasteiger partial charge in [0.15, 0.2) is 0 Å². The summed E-state index contributed by atoms with van der Waals surface area (Å²) < 4.78 is 5.30. The highest BCUT2D eigenvalue weighted by Gasteiger charge is 2.30. The van der Waals surface area contributed by atoms with E-state index in [-0.39, 0.29) is 6.04 Å². The average molecular weight is 271 g/mol. The Kier molecular flexibility index (Phi) is 3.64. The smallest absolute Gasteiger partial charge is 0.128 e. The van der Waals surface area contributed by atoms with Gasteiger partial charge in [0.1, 0.15) is 5.75 Å². The fraction of sp³-hybridized carbons (Fsp3) is 0.412. The van der Waals surface area contributed by atoms with Crippen molar-refractivity contribution in [1.29, 1.82) is 0 Å². The molecular weight excluding hydrogens is 250 g/mol. The third-order valence-electron chi connectivity index (χ3n) is 4.31. The minimum absolute atomic E-state index is 0.141. The lowest BCUT2D eigenvalue weighted by atomic mass is 9.88. The number of methoxy groups -OCH3 is 1. The van der Waals surface area contributed by atoms with Crippen LogP contribution in [0.3, 0.4) is 0 Å². The van der Waals surface area contributed by atoms with E-state index in [0.717, 1.165) is 29.2 Å². The number of ether oxygens (including phenoxy) is 1. The number of hydrogen-bond acceptors (Lipinski definition) is 3. The lowest BCUT2D eigenvalue weighted by Gasteiger charge is -2.37. The number of nitrogens with one attached hydrogen (secondary N) is 1. The number of rotatable bonds is 4. The number of aromatic hydroxyl groups is 1. The number of benzene rings is 2. The van der Waals surface area contributed by atoms with Gasteiger partial charge in [-0.1, -0.05) is 36.4 Å². The van der Waals surface area contributed by atoms with Crippen molar-refractivity contribution in [1.82, 2.24) is 5.32 Å². The third-order valence-corrected chi connectivity index (χ3v) is 4.31. The molecule has 0 bridgehead atoms. The molecule has 0 spiro atoms. The number of hydrogen-bond donors (Lipinski definition) is 2. The second-order valence-corrected chi connectivity index (χ2v) is 5.64. The summed E-state index contributed by atoms with van der Waals surface area (Å²) in [5.74, 6) is 0.394. The van der Waals surface area contributed by atoms with Crippen molar-refractivity contribution in [2.24, 2.45) is 0 Å². The van der Waals surface area contributed by atoms with Gasteiger partial charge in [0.2, 0.25) is 0 Å². The maximum Gasteiger partial charge on any atom is 0.128 e. The van der Waals surface area contributed by atoms with Crippen LogP contribution in [0.15, 0.2) is 36.4 Å². The maximum atomic E-state index is 10.5. The largest absolute Gasteiger partial charge is 0.507 e. The quantitative estimate of drug-likeness (QED) is 0.895. The van der Waals surface area contributed by atoms with Crippen molar-refractivity contribution in [3.05, 3.63) is 42.0 Å². The topological polar surface area (TPSA) is 41.5 Å². The van der Waals surface area contributed by atoms with Crippen LogP contribution in [0.25, 0.3) is 10.8 Å². The van der Waals surface area contributed by atoms with Gasteiger partial charge < -0.3 is 15.2 Å². The first-order chi connectivity index (χ1) is 9.69. The SMILES string of the molecule is COC1CC(NC(C)c2ccc3ccccc3c2O)C1. The number of fused-ring (bicyclic) bond motifs is 1. The van der Waals surface area contributed by atoms with Crippen molar-refractivity contribution >= 4 is 10.8 Å². The minimum atomic E-state index is 0.141. The van der Waals surface area contributed by atoms with Crippen LogP contribution in [0.2, 0.25) is 0 Å². The van der Waals surface area contributed by atoms with Crippen molar-refractivity contribution in [3.8, 4) is 5.75 Å². The highest BCUT2D eigenvalue weighted by Crippen LogP contribution is 2.34. The van der Waals surface area contributed by atoms with Crippen LogP contribution < -0.4 is 5.32 Å². The lowest BCUT2D eigenvalue weighted by Crippen LogP contribution is -2.45. The standard InChI is InChI=1S/C17H21NO2/c1-11(18-13-9-14(10-13)20-2)15-8-7-12-5-3-4-6-16(12)17(15)19/h3-8,11,13-14,18-19H,9-10H2,1-2H3. The Morgan fingerprint density at radius 3 is 2.70 bits per heavy atom. The zero-order valence-corrected chi connectivity index (χ0v) is 12.0. The molecule has 0 aliphatic heterocycles. The van der Waals surface area contributed by atoms with Crippen molar-refractivity contribution in [2.45, 2.75) is 38.0 Å². The molecule has 0 radical (unpaired) electrons. The van der Waals surface area contributed by atoms with Crippen LogP contribution in [-0.2, 0) is 4.74 Å². The number of phenolic OH excluding ortho intramolecular Hbond substituents is 1. The predicted molar refractivity (Wildman–Crippen MR) is 81.0 cm³/mol. The summed E-state index contributed by atoms with van der Waals surface area (Å²) in [6, 6.07) is 12.6. The molecule has 0 saturated heterocycles. The Bertz CT molecular complexity index is 605. The monoisotopic (exact) mass is 271 g/mol. The first-order valence-electron chi connectivity index (χ1n) is 7.18. The Balaban J connectivity index is 1.78. The molecule has 1 saturated carbocycles. The number of phenols is 1. The predicted octanol–water partition coefficient (Wildman–Crippen LogP) is 3.37. The highest BCUT2D eigenvalue weighted by molar-refractivity contribution is 5.89. The molecule has 1 aliphatic rings. The fourth-order valence-corrected chi connectivity index (χ4v) is 2.96. The molecule has 1 fully saturated rings. The summed E-state index contributed by atoms with van der Waals surface area (Å²) in [6.07, 6.45) is 2.49. The van der Waals surface area contributed by atoms with Crippen LogP contribution in [0.4, 0.5) is 0 Å². The van der Waals surface area contributed by atoms with Gasteiger partial charge in [-0.3, -0.25) is 0 Å². The fourth-order valence-electron chi connectivity index (χ4n) is 2.96. The van der Waals surface area contributed by atoms with Gasteiger partial charge in [0, 0.05) is 30.1 Å². The van der Waals surface area contributed by atoms with E-state index in [0.29, 0.717) is 17.9 Å². The van der Waals surface area contributed by atoms with Gasteiger partial charge in [-0.05, 0) is 25.2 Å². The average Bonchev–Trinajstić information content (AvgIpc) is 2.42. The molecule has 2 aromatic carbocycles. The van der Waals surface area contributed by atoms with Gasteiger partial charge in [0.25, 0.3) is 0 Å². The summed E-state index contributed by atoms with van der Waals surface area (Å²) in [6.45, 7) is 2.10. The normalized spacial score (nSPS) is 23.5. The summed E-state index contributed by atoms with van der Waals surface area (Å²) in [5, 5.41) is 16.0. The second kappa shape index (κ2) is 5.43. The summed E-state index contributed by atoms with van der Waals surface area (Å²) >= 11 is 0. The molecule has 3 rings (SSSR count). The second-order valence-electron chi connectivity index (χ2n) is 5.64. The van der Waals surface area contributed by atoms with E-state index in [9.17, 15) is 5.11 Å². The molecule has 0 heterocycles. The molecule has 3 heteroatoms. The van der Waals surface area contributed by atoms with Crippen LogP contribution in [0.1, 0.15) is 31.4 Å². The van der Waals surface area contributed by atoms with Gasteiger partial charge in [0.05, 0.1) is 6.10 Å². The molecule has 2 aromatic rings. The Morgan fingerprint density at radius 2 is 1.95 bits per heavy atom. The molecule has 0 aromatic heterocycles. The van der Waals surface area contributed by atoms with Gasteiger partial charge in [-0.15, -0.1) is 0 Å². The zero-order chi connectivity index (χ0) is 14.1. The van der Waals surface area contributed by atoms with Crippen molar-refractivity contribution in [2.75, 3.05) is 7.11 Å². The van der Waals surface area contributed by atoms with Crippen LogP contribution in [0.5, 0.6) is 5.75 Å². The first kappa shape index (κ1) is 13.4. The van der Waals surface area contributed by atoms with E-state index >= 15 is 0 Å². The Labute approximate surface area is 119 Å². The highest BCUT2D eigenvalue weighted by atomic mass is 16.5. The maximum absolute atomic E-state index is 10.5. The van der Waals surface area contributed by atoms with Crippen molar-refractivity contribution in [3.63, 3.8) is 0 Å². The van der Waals surface area contributed by atoms with Gasteiger partial charge >= 0.3 is 0 Å². The van der Waals surface area contributed by atoms with Crippen LogP contribution in [-0.4, -0.2) is 24.4 Å². The molecule has 1 atom stereocenters. The van der Waals surface area contributed by atoms with E-state index in [1.54, 1.807) is 7.11 Å². The zero-order valence-electron chi connectivity index (χ0n) is 12.0. The first-order valence-corrected chi connectivity index (χ1v) is 7.18. The molecular formula is C17H21NO2. The molecule has 1 aliphatic carbocycles. The van der Waals surface area contributed by atoms with Crippen LogP contribution >= 0.6 is 0 Å². The Hall–Kier alpha value is -1.58. The summed E-state index contributed by atoms with van der Waals surface area (Å²) in [7, 11) is 1.76. The van der Waals surface area contributed by atoms with E-state index < -0.39 is 0 Å². The Morgan fingerprint density at radius 1 is 1.20 bits per heavy atom. The summed E-state index contributed by atoms with van der Waals surface area (Å²) in [5.41, 5.74) is 0.963. The van der Waals surface area contributed by atoms with Gasteiger partial charge in [-0.2, -0.15) is 0 Å². The molecule has 20 heavy (non-hydrogen) atoms. The molecule has 3 nitrogen and oxygen atoms in total. The minimum Gasteiger partial charge on any atom is -0.507 e. The third kappa shape index (κ3) is 2.39. The van der Waals surface area contributed by atoms with E-state index in [1.165, 1.54) is 0 Å². The van der Waals surface area contributed by atoms with Gasteiger partial charge in [-0.25, -0.2) is 0 Å². The molecule has 106 valence electrons. The van der Waals surface area contributed by atoms with E-state index in [2.05, 4.69) is 18.3 Å². The summed E-state index contributed by atoms with van der Waals surface area (Å²) in [4.78, 5) is 0.